The first-order valence-electron chi connectivity index (χ1n) is 6.02. The molecule has 104 valence electrons. The zero-order valence-corrected chi connectivity index (χ0v) is 11.6. The number of hydrogen-bond acceptors (Lipinski definition) is 4. The number of carbonyl (C=O) groups is 2. The van der Waals surface area contributed by atoms with Gasteiger partial charge in [-0.05, 0) is 52.0 Å². The minimum absolute atomic E-state index is 0.0803. The van der Waals surface area contributed by atoms with E-state index in [0.717, 1.165) is 0 Å². The zero-order valence-electron chi connectivity index (χ0n) is 11.6. The van der Waals surface area contributed by atoms with Crippen molar-refractivity contribution < 1.29 is 19.4 Å². The van der Waals surface area contributed by atoms with E-state index < -0.39 is 23.5 Å². The van der Waals surface area contributed by atoms with E-state index in [-0.39, 0.29) is 5.75 Å². The molecule has 2 N–H and O–H groups in total. The topological polar surface area (TPSA) is 75.6 Å². The maximum absolute atomic E-state index is 11.8. The fraction of sp³-hybridized carbons (Fsp3) is 0.429. The average Bonchev–Trinajstić information content (AvgIpc) is 2.27. The molecule has 0 aliphatic heterocycles. The molecule has 0 saturated carbocycles. The first kappa shape index (κ1) is 15.0. The molecular formula is C14H19NO4. The molecule has 0 heterocycles. The molecule has 1 amide bonds. The number of rotatable bonds is 3. The molecule has 0 unspecified atom stereocenters. The summed E-state index contributed by atoms with van der Waals surface area (Å²) in [6, 6.07) is 5.04. The molecule has 0 saturated heterocycles. The molecule has 5 heteroatoms. The minimum Gasteiger partial charge on any atom is -0.508 e. The second-order valence-electron chi connectivity index (χ2n) is 5.28. The van der Waals surface area contributed by atoms with Gasteiger partial charge >= 0.3 is 5.97 Å². The van der Waals surface area contributed by atoms with Gasteiger partial charge in [-0.1, -0.05) is 0 Å². The monoisotopic (exact) mass is 265 g/mol. The van der Waals surface area contributed by atoms with Gasteiger partial charge in [0, 0.05) is 5.56 Å². The average molecular weight is 265 g/mol. The molecule has 1 aromatic rings. The molecule has 0 aromatic heterocycles. The summed E-state index contributed by atoms with van der Waals surface area (Å²) in [7, 11) is 0. The van der Waals surface area contributed by atoms with Crippen LogP contribution >= 0.6 is 0 Å². The molecule has 1 rings (SSSR count). The number of esters is 1. The maximum atomic E-state index is 11.8. The van der Waals surface area contributed by atoms with Crippen LogP contribution in [-0.4, -0.2) is 28.6 Å². The highest BCUT2D eigenvalue weighted by molar-refractivity contribution is 5.96. The van der Waals surface area contributed by atoms with Crippen molar-refractivity contribution >= 4 is 11.9 Å². The van der Waals surface area contributed by atoms with Crippen LogP contribution in [0.15, 0.2) is 24.3 Å². The summed E-state index contributed by atoms with van der Waals surface area (Å²) >= 11 is 0. The van der Waals surface area contributed by atoms with Gasteiger partial charge in [-0.25, -0.2) is 4.79 Å². The van der Waals surface area contributed by atoms with E-state index >= 15 is 0 Å². The number of phenols is 1. The number of phenolic OH excluding ortho intramolecular Hbond substituents is 1. The lowest BCUT2D eigenvalue weighted by Gasteiger charge is -2.22. The molecule has 19 heavy (non-hydrogen) atoms. The second kappa shape index (κ2) is 5.73. The van der Waals surface area contributed by atoms with Crippen molar-refractivity contribution in [1.82, 2.24) is 5.32 Å². The fourth-order valence-electron chi connectivity index (χ4n) is 1.34. The highest BCUT2D eigenvalue weighted by Gasteiger charge is 2.23. The Labute approximate surface area is 112 Å². The van der Waals surface area contributed by atoms with Crippen LogP contribution in [0.2, 0.25) is 0 Å². The van der Waals surface area contributed by atoms with E-state index in [4.69, 9.17) is 9.84 Å². The number of nitrogens with one attached hydrogen (secondary N) is 1. The number of ether oxygens (including phenoxy) is 1. The van der Waals surface area contributed by atoms with Crippen LogP contribution in [0.3, 0.4) is 0 Å². The smallest absolute Gasteiger partial charge is 0.328 e. The van der Waals surface area contributed by atoms with Gasteiger partial charge in [0.2, 0.25) is 0 Å². The largest absolute Gasteiger partial charge is 0.508 e. The first-order chi connectivity index (χ1) is 8.69. The van der Waals surface area contributed by atoms with Crippen LogP contribution in [0.4, 0.5) is 0 Å². The molecule has 0 bridgehead atoms. The Hall–Kier alpha value is -2.04. The van der Waals surface area contributed by atoms with Crippen molar-refractivity contribution in [2.45, 2.75) is 39.3 Å². The highest BCUT2D eigenvalue weighted by atomic mass is 16.6. The van der Waals surface area contributed by atoms with Crippen LogP contribution in [-0.2, 0) is 9.53 Å². The normalized spacial score (nSPS) is 12.6. The van der Waals surface area contributed by atoms with Gasteiger partial charge in [0.25, 0.3) is 5.91 Å². The Morgan fingerprint density at radius 1 is 1.21 bits per heavy atom. The van der Waals surface area contributed by atoms with Crippen molar-refractivity contribution in [3.05, 3.63) is 29.8 Å². The summed E-state index contributed by atoms with van der Waals surface area (Å²) in [6.45, 7) is 6.85. The Morgan fingerprint density at radius 3 is 2.21 bits per heavy atom. The van der Waals surface area contributed by atoms with Crippen molar-refractivity contribution in [2.75, 3.05) is 0 Å². The van der Waals surface area contributed by atoms with Crippen LogP contribution in [0.25, 0.3) is 0 Å². The summed E-state index contributed by atoms with van der Waals surface area (Å²) < 4.78 is 5.16. The molecule has 1 aromatic carbocycles. The highest BCUT2D eigenvalue weighted by Crippen LogP contribution is 2.11. The third kappa shape index (κ3) is 4.99. The van der Waals surface area contributed by atoms with E-state index in [1.807, 2.05) is 0 Å². The van der Waals surface area contributed by atoms with Crippen molar-refractivity contribution in [3.63, 3.8) is 0 Å². The first-order valence-corrected chi connectivity index (χ1v) is 6.02. The summed E-state index contributed by atoms with van der Waals surface area (Å²) in [5, 5.41) is 11.7. The van der Waals surface area contributed by atoms with E-state index in [0.29, 0.717) is 5.56 Å². The van der Waals surface area contributed by atoms with E-state index in [1.54, 1.807) is 27.7 Å². The third-order valence-corrected chi connectivity index (χ3v) is 2.24. The molecule has 1 atom stereocenters. The van der Waals surface area contributed by atoms with Crippen molar-refractivity contribution in [2.24, 2.45) is 0 Å². The second-order valence-corrected chi connectivity index (χ2v) is 5.28. The lowest BCUT2D eigenvalue weighted by atomic mass is 10.1. The van der Waals surface area contributed by atoms with Crippen LogP contribution in [0, 0.1) is 0 Å². The Morgan fingerprint density at radius 2 is 1.74 bits per heavy atom. The van der Waals surface area contributed by atoms with Gasteiger partial charge in [0.15, 0.2) is 0 Å². The lowest BCUT2D eigenvalue weighted by Crippen LogP contribution is -2.42. The van der Waals surface area contributed by atoms with E-state index in [9.17, 15) is 9.59 Å². The third-order valence-electron chi connectivity index (χ3n) is 2.24. The predicted octanol–water partition coefficient (Wildman–Crippen LogP) is 1.85. The molecule has 5 nitrogen and oxygen atoms in total. The summed E-state index contributed by atoms with van der Waals surface area (Å²) in [4.78, 5) is 23.5. The van der Waals surface area contributed by atoms with Gasteiger partial charge in [0.05, 0.1) is 0 Å². The van der Waals surface area contributed by atoms with Crippen molar-refractivity contribution in [3.8, 4) is 5.75 Å². The number of amides is 1. The van der Waals surface area contributed by atoms with Gasteiger partial charge in [-0.15, -0.1) is 0 Å². The zero-order chi connectivity index (χ0) is 14.6. The maximum Gasteiger partial charge on any atom is 0.328 e. The molecule has 0 fully saturated rings. The molecule has 0 aliphatic rings. The van der Waals surface area contributed by atoms with Gasteiger partial charge in [-0.3, -0.25) is 4.79 Å². The predicted molar refractivity (Wildman–Crippen MR) is 70.9 cm³/mol. The SMILES string of the molecule is C[C@H](NC(=O)c1ccc(O)cc1)C(=O)OC(C)(C)C. The number of benzene rings is 1. The van der Waals surface area contributed by atoms with E-state index in [1.165, 1.54) is 24.3 Å². The molecule has 0 radical (unpaired) electrons. The van der Waals surface area contributed by atoms with Crippen LogP contribution in [0.1, 0.15) is 38.1 Å². The van der Waals surface area contributed by atoms with Gasteiger partial charge < -0.3 is 15.2 Å². The van der Waals surface area contributed by atoms with E-state index in [2.05, 4.69) is 5.32 Å². The Balaban J connectivity index is 2.61. The molecule has 0 aliphatic carbocycles. The summed E-state index contributed by atoms with van der Waals surface area (Å²) in [5.74, 6) is -0.797. The molecular weight excluding hydrogens is 246 g/mol. The molecule has 0 spiro atoms. The summed E-state index contributed by atoms with van der Waals surface area (Å²) in [6.07, 6.45) is 0. The van der Waals surface area contributed by atoms with Crippen LogP contribution < -0.4 is 5.32 Å². The number of carbonyl (C=O) groups excluding carboxylic acids is 2. The number of aromatic hydroxyl groups is 1. The Bertz CT molecular complexity index is 459. The Kier molecular flexibility index (Phi) is 4.53. The quantitative estimate of drug-likeness (QED) is 0.818. The van der Waals surface area contributed by atoms with Gasteiger partial charge in [-0.2, -0.15) is 0 Å². The lowest BCUT2D eigenvalue weighted by molar-refractivity contribution is -0.156. The summed E-state index contributed by atoms with van der Waals surface area (Å²) in [5.41, 5.74) is -0.220. The fourth-order valence-corrected chi connectivity index (χ4v) is 1.34. The van der Waals surface area contributed by atoms with Crippen LogP contribution in [0.5, 0.6) is 5.75 Å². The minimum atomic E-state index is -0.736. The van der Waals surface area contributed by atoms with Gasteiger partial charge in [0.1, 0.15) is 17.4 Å². The number of hydrogen-bond donors (Lipinski definition) is 2. The standard InChI is InChI=1S/C14H19NO4/c1-9(13(18)19-14(2,3)4)15-12(17)10-5-7-11(16)8-6-10/h5-9,16H,1-4H3,(H,15,17)/t9-/m0/s1. The van der Waals surface area contributed by atoms with Crippen molar-refractivity contribution in [1.29, 1.82) is 0 Å².